The minimum atomic E-state index is 0.107. The molecule has 0 aliphatic heterocycles. The van der Waals surface area contributed by atoms with Gasteiger partial charge in [-0.3, -0.25) is 9.48 Å². The molecule has 0 radical (unpaired) electrons. The lowest BCUT2D eigenvalue weighted by molar-refractivity contribution is 0.0973. The number of aryl methyl sites for hydroxylation is 1. The molecule has 0 bridgehead atoms. The van der Waals surface area contributed by atoms with Gasteiger partial charge in [0.15, 0.2) is 5.78 Å². The van der Waals surface area contributed by atoms with E-state index >= 15 is 0 Å². The van der Waals surface area contributed by atoms with Crippen LogP contribution < -0.4 is 0 Å². The highest BCUT2D eigenvalue weighted by Gasteiger charge is 2.08. The number of carbonyl (C=O) groups is 1. The molecule has 4 heteroatoms. The Bertz CT molecular complexity index is 270. The van der Waals surface area contributed by atoms with Gasteiger partial charge in [-0.05, 0) is 12.5 Å². The van der Waals surface area contributed by atoms with Gasteiger partial charge in [0.2, 0.25) is 0 Å². The van der Waals surface area contributed by atoms with E-state index in [9.17, 15) is 4.79 Å². The van der Waals surface area contributed by atoms with E-state index in [0.29, 0.717) is 18.0 Å². The van der Waals surface area contributed by atoms with E-state index in [1.54, 1.807) is 24.0 Å². The first-order chi connectivity index (χ1) is 5.75. The smallest absolute Gasteiger partial charge is 0.180 e. The Labute approximate surface area is 76.3 Å². The molecule has 1 aromatic heterocycles. The summed E-state index contributed by atoms with van der Waals surface area (Å²) in [5.74, 6) is 0.638. The van der Waals surface area contributed by atoms with Crippen molar-refractivity contribution in [2.24, 2.45) is 7.05 Å². The summed E-state index contributed by atoms with van der Waals surface area (Å²) in [7, 11) is 1.76. The molecule has 3 nitrogen and oxygen atoms in total. The van der Waals surface area contributed by atoms with Gasteiger partial charge < -0.3 is 0 Å². The van der Waals surface area contributed by atoms with Crippen LogP contribution in [0.3, 0.4) is 0 Å². The molecule has 0 N–H and O–H groups in total. The van der Waals surface area contributed by atoms with Crippen LogP contribution in [0.2, 0.25) is 0 Å². The predicted molar refractivity (Wildman–Crippen MR) is 47.5 cm³/mol. The van der Waals surface area contributed by atoms with Gasteiger partial charge in [0, 0.05) is 25.5 Å². The summed E-state index contributed by atoms with van der Waals surface area (Å²) in [6.07, 6.45) is 2.85. The number of nitrogens with zero attached hydrogens (tertiary/aromatic N) is 2. The first kappa shape index (κ1) is 9.26. The molecule has 0 aromatic carbocycles. The van der Waals surface area contributed by atoms with Crippen molar-refractivity contribution in [3.05, 3.63) is 18.0 Å². The van der Waals surface area contributed by atoms with Gasteiger partial charge in [-0.15, -0.1) is 11.6 Å². The molecule has 0 spiro atoms. The number of ketones is 1. The van der Waals surface area contributed by atoms with E-state index in [2.05, 4.69) is 5.10 Å². The molecule has 1 rings (SSSR count). The molecule has 1 heterocycles. The van der Waals surface area contributed by atoms with Crippen LogP contribution in [0.25, 0.3) is 0 Å². The van der Waals surface area contributed by atoms with Crippen molar-refractivity contribution in [3.8, 4) is 0 Å². The maximum atomic E-state index is 11.4. The first-order valence-corrected chi connectivity index (χ1v) is 4.36. The summed E-state index contributed by atoms with van der Waals surface area (Å²) in [6.45, 7) is 0. The molecule has 0 unspecified atom stereocenters. The number of alkyl halides is 1. The van der Waals surface area contributed by atoms with Crippen molar-refractivity contribution in [2.45, 2.75) is 12.8 Å². The summed E-state index contributed by atoms with van der Waals surface area (Å²) in [5.41, 5.74) is 0.653. The quantitative estimate of drug-likeness (QED) is 0.529. The lowest BCUT2D eigenvalue weighted by Crippen LogP contribution is -2.06. The molecule has 0 atom stereocenters. The average molecular weight is 187 g/mol. The first-order valence-electron chi connectivity index (χ1n) is 3.83. The van der Waals surface area contributed by atoms with Crippen molar-refractivity contribution in [1.29, 1.82) is 0 Å². The lowest BCUT2D eigenvalue weighted by atomic mass is 10.2. The Kier molecular flexibility index (Phi) is 3.29. The Morgan fingerprint density at radius 1 is 1.75 bits per heavy atom. The number of hydrogen-bond donors (Lipinski definition) is 0. The van der Waals surface area contributed by atoms with Gasteiger partial charge in [0.25, 0.3) is 0 Å². The standard InChI is InChI=1S/C8H11ClN2O/c1-11-7(4-6-10-11)8(12)3-2-5-9/h4,6H,2-3,5H2,1H3. The van der Waals surface area contributed by atoms with Crippen LogP contribution >= 0.6 is 11.6 Å². The fourth-order valence-corrected chi connectivity index (χ4v) is 1.14. The van der Waals surface area contributed by atoms with E-state index in [1.165, 1.54) is 0 Å². The summed E-state index contributed by atoms with van der Waals surface area (Å²) in [4.78, 5) is 11.4. The second kappa shape index (κ2) is 4.26. The zero-order chi connectivity index (χ0) is 8.97. The Morgan fingerprint density at radius 3 is 3.00 bits per heavy atom. The molecular weight excluding hydrogens is 176 g/mol. The molecule has 0 aliphatic carbocycles. The fraction of sp³-hybridized carbons (Fsp3) is 0.500. The van der Waals surface area contributed by atoms with Crippen molar-refractivity contribution in [1.82, 2.24) is 9.78 Å². The van der Waals surface area contributed by atoms with Crippen LogP contribution in [0, 0.1) is 0 Å². The number of aromatic nitrogens is 2. The van der Waals surface area contributed by atoms with Crippen LogP contribution in [0.5, 0.6) is 0 Å². The Hall–Kier alpha value is -0.830. The second-order valence-electron chi connectivity index (χ2n) is 2.56. The van der Waals surface area contributed by atoms with E-state index in [-0.39, 0.29) is 5.78 Å². The number of hydrogen-bond acceptors (Lipinski definition) is 2. The van der Waals surface area contributed by atoms with E-state index in [0.717, 1.165) is 6.42 Å². The average Bonchev–Trinajstić information content (AvgIpc) is 2.47. The number of carbonyl (C=O) groups excluding carboxylic acids is 1. The molecule has 1 aromatic rings. The Morgan fingerprint density at radius 2 is 2.50 bits per heavy atom. The molecular formula is C8H11ClN2O. The SMILES string of the molecule is Cn1nccc1C(=O)CCCCl. The number of rotatable bonds is 4. The molecule has 0 amide bonds. The fourth-order valence-electron chi connectivity index (χ4n) is 1.00. The zero-order valence-corrected chi connectivity index (χ0v) is 7.71. The van der Waals surface area contributed by atoms with Crippen molar-refractivity contribution in [3.63, 3.8) is 0 Å². The van der Waals surface area contributed by atoms with Gasteiger partial charge >= 0.3 is 0 Å². The van der Waals surface area contributed by atoms with Crippen molar-refractivity contribution >= 4 is 17.4 Å². The van der Waals surface area contributed by atoms with Crippen LogP contribution in [0.15, 0.2) is 12.3 Å². The highest BCUT2D eigenvalue weighted by Crippen LogP contribution is 2.04. The summed E-state index contributed by atoms with van der Waals surface area (Å²) in [6, 6.07) is 1.72. The lowest BCUT2D eigenvalue weighted by Gasteiger charge is -1.98. The Balaban J connectivity index is 2.59. The van der Waals surface area contributed by atoms with E-state index < -0.39 is 0 Å². The highest BCUT2D eigenvalue weighted by atomic mass is 35.5. The summed E-state index contributed by atoms with van der Waals surface area (Å²) in [5, 5.41) is 3.91. The normalized spacial score (nSPS) is 10.2. The minimum absolute atomic E-state index is 0.107. The monoisotopic (exact) mass is 186 g/mol. The molecule has 0 saturated carbocycles. The van der Waals surface area contributed by atoms with Crippen LogP contribution in [0.1, 0.15) is 23.3 Å². The maximum absolute atomic E-state index is 11.4. The molecule has 0 saturated heterocycles. The molecule has 66 valence electrons. The minimum Gasteiger partial charge on any atom is -0.292 e. The van der Waals surface area contributed by atoms with Gasteiger partial charge in [-0.2, -0.15) is 5.10 Å². The number of Topliss-reactive ketones (excluding diaryl/α,β-unsaturated/α-hetero) is 1. The van der Waals surface area contributed by atoms with Gasteiger partial charge in [0.05, 0.1) is 0 Å². The molecule has 0 fully saturated rings. The van der Waals surface area contributed by atoms with Gasteiger partial charge in [-0.1, -0.05) is 0 Å². The summed E-state index contributed by atoms with van der Waals surface area (Å²) >= 11 is 5.47. The largest absolute Gasteiger partial charge is 0.292 e. The van der Waals surface area contributed by atoms with E-state index in [4.69, 9.17) is 11.6 Å². The van der Waals surface area contributed by atoms with Crippen LogP contribution in [-0.2, 0) is 7.05 Å². The second-order valence-corrected chi connectivity index (χ2v) is 2.93. The highest BCUT2D eigenvalue weighted by molar-refractivity contribution is 6.18. The topological polar surface area (TPSA) is 34.9 Å². The third kappa shape index (κ3) is 2.08. The van der Waals surface area contributed by atoms with Crippen molar-refractivity contribution < 1.29 is 4.79 Å². The summed E-state index contributed by atoms with van der Waals surface area (Å²) < 4.78 is 1.58. The maximum Gasteiger partial charge on any atom is 0.180 e. The van der Waals surface area contributed by atoms with Gasteiger partial charge in [0.1, 0.15) is 5.69 Å². The van der Waals surface area contributed by atoms with Crippen LogP contribution in [0.4, 0.5) is 0 Å². The zero-order valence-electron chi connectivity index (χ0n) is 6.96. The number of halogens is 1. The van der Waals surface area contributed by atoms with Crippen molar-refractivity contribution in [2.75, 3.05) is 5.88 Å². The van der Waals surface area contributed by atoms with E-state index in [1.807, 2.05) is 0 Å². The third-order valence-electron chi connectivity index (χ3n) is 1.64. The molecule has 0 aliphatic rings. The predicted octanol–water partition coefficient (Wildman–Crippen LogP) is 1.62. The van der Waals surface area contributed by atoms with Gasteiger partial charge in [-0.25, -0.2) is 0 Å². The van der Waals surface area contributed by atoms with Crippen LogP contribution in [-0.4, -0.2) is 21.4 Å². The third-order valence-corrected chi connectivity index (χ3v) is 1.91. The molecule has 12 heavy (non-hydrogen) atoms.